The van der Waals surface area contributed by atoms with Crippen LogP contribution in [0.1, 0.15) is 18.3 Å². The van der Waals surface area contributed by atoms with Crippen molar-refractivity contribution < 1.29 is 0 Å². The van der Waals surface area contributed by atoms with Gasteiger partial charge in [0.25, 0.3) is 0 Å². The fourth-order valence-electron chi connectivity index (χ4n) is 3.17. The standard InChI is InChI=1S/C15H29N5/c1-6-20-13(9-12(2)17-20)10-14(16-3)15-11-18(4)7-8-19(15)5/h9,14-16H,6-8,10-11H2,1-5H3. The molecular weight excluding hydrogens is 250 g/mol. The molecule has 2 heterocycles. The van der Waals surface area contributed by atoms with Crippen LogP contribution in [0, 0.1) is 6.92 Å². The minimum atomic E-state index is 0.462. The van der Waals surface area contributed by atoms with E-state index in [-0.39, 0.29) is 0 Å². The minimum absolute atomic E-state index is 0.462. The van der Waals surface area contributed by atoms with Gasteiger partial charge in [0, 0.05) is 50.4 Å². The number of likely N-dealkylation sites (N-methyl/N-ethyl adjacent to an activating group) is 3. The van der Waals surface area contributed by atoms with Crippen LogP contribution >= 0.6 is 0 Å². The first-order valence-electron chi connectivity index (χ1n) is 7.64. The van der Waals surface area contributed by atoms with E-state index in [0.29, 0.717) is 12.1 Å². The van der Waals surface area contributed by atoms with Crippen LogP contribution in [-0.4, -0.2) is 72.4 Å². The lowest BCUT2D eigenvalue weighted by Crippen LogP contribution is -2.58. The van der Waals surface area contributed by atoms with Gasteiger partial charge in [-0.1, -0.05) is 0 Å². The lowest BCUT2D eigenvalue weighted by atomic mass is 9.99. The molecule has 5 heteroatoms. The Hall–Kier alpha value is -0.910. The van der Waals surface area contributed by atoms with Crippen molar-refractivity contribution in [1.29, 1.82) is 0 Å². The molecule has 5 nitrogen and oxygen atoms in total. The molecule has 1 aromatic rings. The van der Waals surface area contributed by atoms with Crippen molar-refractivity contribution in [2.24, 2.45) is 0 Å². The van der Waals surface area contributed by atoms with Crippen molar-refractivity contribution in [3.8, 4) is 0 Å². The Balaban J connectivity index is 2.11. The predicted octanol–water partition coefficient (Wildman–Crippen LogP) is 0.588. The number of hydrogen-bond donors (Lipinski definition) is 1. The van der Waals surface area contributed by atoms with Crippen molar-refractivity contribution in [2.45, 2.75) is 38.9 Å². The van der Waals surface area contributed by atoms with E-state index in [1.54, 1.807) is 0 Å². The summed E-state index contributed by atoms with van der Waals surface area (Å²) in [6.07, 6.45) is 1.04. The third kappa shape index (κ3) is 3.40. The van der Waals surface area contributed by atoms with Crippen molar-refractivity contribution in [3.63, 3.8) is 0 Å². The molecule has 2 atom stereocenters. The van der Waals surface area contributed by atoms with E-state index in [1.165, 1.54) is 5.69 Å². The summed E-state index contributed by atoms with van der Waals surface area (Å²) in [6, 6.07) is 3.24. The maximum absolute atomic E-state index is 4.56. The van der Waals surface area contributed by atoms with Crippen LogP contribution in [0.15, 0.2) is 6.07 Å². The van der Waals surface area contributed by atoms with E-state index in [1.807, 2.05) is 0 Å². The van der Waals surface area contributed by atoms with Crippen molar-refractivity contribution in [1.82, 2.24) is 24.9 Å². The number of nitrogens with one attached hydrogen (secondary N) is 1. The summed E-state index contributed by atoms with van der Waals surface area (Å²) in [5.41, 5.74) is 2.46. The summed E-state index contributed by atoms with van der Waals surface area (Å²) >= 11 is 0. The maximum Gasteiger partial charge on any atom is 0.0596 e. The second-order valence-electron chi connectivity index (χ2n) is 6.00. The lowest BCUT2D eigenvalue weighted by Gasteiger charge is -2.42. The predicted molar refractivity (Wildman–Crippen MR) is 83.1 cm³/mol. The van der Waals surface area contributed by atoms with Crippen LogP contribution < -0.4 is 5.32 Å². The summed E-state index contributed by atoms with van der Waals surface area (Å²) in [6.45, 7) is 8.61. The Kier molecular flexibility index (Phi) is 5.18. The highest BCUT2D eigenvalue weighted by molar-refractivity contribution is 5.11. The van der Waals surface area contributed by atoms with Crippen LogP contribution in [0.25, 0.3) is 0 Å². The molecule has 1 aliphatic rings. The molecule has 0 aliphatic carbocycles. The average Bonchev–Trinajstić information content (AvgIpc) is 2.79. The smallest absolute Gasteiger partial charge is 0.0596 e. The van der Waals surface area contributed by atoms with Gasteiger partial charge < -0.3 is 10.2 Å². The zero-order valence-corrected chi connectivity index (χ0v) is 13.6. The zero-order chi connectivity index (χ0) is 14.7. The minimum Gasteiger partial charge on any atom is -0.315 e. The van der Waals surface area contributed by atoms with Crippen LogP contribution in [-0.2, 0) is 13.0 Å². The van der Waals surface area contributed by atoms with Crippen molar-refractivity contribution in [2.75, 3.05) is 40.8 Å². The van der Waals surface area contributed by atoms with Crippen LogP contribution in [0.5, 0.6) is 0 Å². The third-order valence-electron chi connectivity index (χ3n) is 4.45. The largest absolute Gasteiger partial charge is 0.315 e. The van der Waals surface area contributed by atoms with Crippen LogP contribution in [0.4, 0.5) is 0 Å². The summed E-state index contributed by atoms with van der Waals surface area (Å²) in [4.78, 5) is 4.91. The summed E-state index contributed by atoms with van der Waals surface area (Å²) in [7, 11) is 6.53. The van der Waals surface area contributed by atoms with Gasteiger partial charge in [-0.3, -0.25) is 9.58 Å². The van der Waals surface area contributed by atoms with E-state index in [0.717, 1.165) is 38.3 Å². The monoisotopic (exact) mass is 279 g/mol. The number of aryl methyl sites for hydroxylation is 2. The zero-order valence-electron chi connectivity index (χ0n) is 13.6. The highest BCUT2D eigenvalue weighted by Gasteiger charge is 2.29. The summed E-state index contributed by atoms with van der Waals surface area (Å²) < 4.78 is 2.13. The van der Waals surface area contributed by atoms with Crippen molar-refractivity contribution in [3.05, 3.63) is 17.5 Å². The molecule has 1 N–H and O–H groups in total. The van der Waals surface area contributed by atoms with Gasteiger partial charge in [-0.15, -0.1) is 0 Å². The molecule has 0 radical (unpaired) electrons. The van der Waals surface area contributed by atoms with Gasteiger partial charge in [0.1, 0.15) is 0 Å². The average molecular weight is 279 g/mol. The second-order valence-corrected chi connectivity index (χ2v) is 6.00. The Bertz CT molecular complexity index is 428. The quantitative estimate of drug-likeness (QED) is 0.856. The molecule has 0 aromatic carbocycles. The van der Waals surface area contributed by atoms with Gasteiger partial charge >= 0.3 is 0 Å². The Morgan fingerprint density at radius 2 is 2.15 bits per heavy atom. The first-order chi connectivity index (χ1) is 9.55. The molecule has 0 saturated carbocycles. The molecule has 0 amide bonds. The van der Waals surface area contributed by atoms with Gasteiger partial charge in [0.05, 0.1) is 5.69 Å². The number of rotatable bonds is 5. The Labute approximate surface area is 122 Å². The van der Waals surface area contributed by atoms with Crippen LogP contribution in [0.2, 0.25) is 0 Å². The number of aromatic nitrogens is 2. The SMILES string of the molecule is CCn1nc(C)cc1CC(NC)C1CN(C)CCN1C. The molecule has 20 heavy (non-hydrogen) atoms. The molecule has 1 aliphatic heterocycles. The van der Waals surface area contributed by atoms with Gasteiger partial charge in [-0.2, -0.15) is 5.10 Å². The first kappa shape index (κ1) is 15.5. The summed E-state index contributed by atoms with van der Waals surface area (Å²) in [5, 5.41) is 8.08. The molecule has 2 unspecified atom stereocenters. The highest BCUT2D eigenvalue weighted by Crippen LogP contribution is 2.15. The first-order valence-corrected chi connectivity index (χ1v) is 7.64. The molecule has 1 fully saturated rings. The van der Waals surface area contributed by atoms with E-state index in [9.17, 15) is 0 Å². The normalized spacial score (nSPS) is 23.1. The molecule has 0 spiro atoms. The molecule has 1 saturated heterocycles. The lowest BCUT2D eigenvalue weighted by molar-refractivity contribution is 0.0892. The van der Waals surface area contributed by atoms with Gasteiger partial charge in [0.15, 0.2) is 0 Å². The second kappa shape index (κ2) is 6.70. The van der Waals surface area contributed by atoms with E-state index >= 15 is 0 Å². The number of hydrogen-bond acceptors (Lipinski definition) is 4. The molecule has 1 aromatic heterocycles. The van der Waals surface area contributed by atoms with E-state index < -0.39 is 0 Å². The number of piperazine rings is 1. The molecule has 114 valence electrons. The van der Waals surface area contributed by atoms with E-state index in [4.69, 9.17) is 0 Å². The highest BCUT2D eigenvalue weighted by atomic mass is 15.3. The van der Waals surface area contributed by atoms with Gasteiger partial charge in [-0.05, 0) is 41.1 Å². The fraction of sp³-hybridized carbons (Fsp3) is 0.800. The molecule has 0 bridgehead atoms. The summed E-state index contributed by atoms with van der Waals surface area (Å²) in [5.74, 6) is 0. The number of nitrogens with zero attached hydrogens (tertiary/aromatic N) is 4. The fourth-order valence-corrected chi connectivity index (χ4v) is 3.17. The maximum atomic E-state index is 4.56. The van der Waals surface area contributed by atoms with Crippen molar-refractivity contribution >= 4 is 0 Å². The molecule has 2 rings (SSSR count). The van der Waals surface area contributed by atoms with Crippen LogP contribution in [0.3, 0.4) is 0 Å². The van der Waals surface area contributed by atoms with Gasteiger partial charge in [-0.25, -0.2) is 0 Å². The Morgan fingerprint density at radius 1 is 1.40 bits per heavy atom. The topological polar surface area (TPSA) is 36.3 Å². The third-order valence-corrected chi connectivity index (χ3v) is 4.45. The molecular formula is C15H29N5. The van der Waals surface area contributed by atoms with E-state index in [2.05, 4.69) is 66.0 Å². The van der Waals surface area contributed by atoms with Gasteiger partial charge in [0.2, 0.25) is 0 Å². The Morgan fingerprint density at radius 3 is 2.80 bits per heavy atom.